The molecule has 0 aromatic carbocycles. The van der Waals surface area contributed by atoms with Crippen molar-refractivity contribution in [3.05, 3.63) is 11.1 Å². The number of nitrogens with one attached hydrogen (secondary N) is 1. The molecule has 0 aliphatic rings. The zero-order valence-corrected chi connectivity index (χ0v) is 12.7. The van der Waals surface area contributed by atoms with Gasteiger partial charge in [0.2, 0.25) is 0 Å². The Labute approximate surface area is 125 Å². The number of urea groups is 1. The van der Waals surface area contributed by atoms with E-state index in [1.165, 1.54) is 11.3 Å². The van der Waals surface area contributed by atoms with E-state index >= 15 is 0 Å². The van der Waals surface area contributed by atoms with E-state index in [1.807, 2.05) is 20.8 Å². The molecular formula is C12H17N3O5S. The Morgan fingerprint density at radius 1 is 1.24 bits per heavy atom. The summed E-state index contributed by atoms with van der Waals surface area (Å²) in [6.45, 7) is 4.50. The van der Waals surface area contributed by atoms with Gasteiger partial charge in [-0.05, 0) is 0 Å². The number of hydrogen-bond acceptors (Lipinski definition) is 5. The standard InChI is InChI=1S/C12H17N3O5S/c1-12(2,3)7-6-21-10(13-7)14-11(20)15(4-8(16)17)5-9(18)19/h6H,4-5H2,1-3H3,(H,16,17)(H,18,19)(H,13,14,20). The zero-order valence-electron chi connectivity index (χ0n) is 11.9. The van der Waals surface area contributed by atoms with Gasteiger partial charge in [0.25, 0.3) is 0 Å². The van der Waals surface area contributed by atoms with Crippen molar-refractivity contribution in [1.29, 1.82) is 0 Å². The molecule has 1 rings (SSSR count). The fourth-order valence-electron chi connectivity index (χ4n) is 1.37. The number of nitrogens with zero attached hydrogens (tertiary/aromatic N) is 2. The van der Waals surface area contributed by atoms with Gasteiger partial charge in [-0.25, -0.2) is 9.78 Å². The van der Waals surface area contributed by atoms with Gasteiger partial charge in [-0.3, -0.25) is 14.9 Å². The lowest BCUT2D eigenvalue weighted by molar-refractivity contribution is -0.140. The van der Waals surface area contributed by atoms with Crippen molar-refractivity contribution in [2.75, 3.05) is 18.4 Å². The number of carboxylic acid groups (broad SMARTS) is 2. The lowest BCUT2D eigenvalue weighted by Crippen LogP contribution is -2.41. The summed E-state index contributed by atoms with van der Waals surface area (Å²) in [6.07, 6.45) is 0. The molecule has 0 aliphatic carbocycles. The van der Waals surface area contributed by atoms with E-state index in [0.717, 1.165) is 5.69 Å². The normalized spacial score (nSPS) is 11.0. The van der Waals surface area contributed by atoms with Crippen LogP contribution in [0.25, 0.3) is 0 Å². The quantitative estimate of drug-likeness (QED) is 0.756. The molecular weight excluding hydrogens is 298 g/mol. The molecule has 0 spiro atoms. The second-order valence-electron chi connectivity index (χ2n) is 5.36. The maximum Gasteiger partial charge on any atom is 0.324 e. The first-order valence-electron chi connectivity index (χ1n) is 6.05. The van der Waals surface area contributed by atoms with Gasteiger partial charge in [0, 0.05) is 10.8 Å². The maximum absolute atomic E-state index is 11.9. The van der Waals surface area contributed by atoms with Crippen LogP contribution in [0, 0.1) is 0 Å². The second kappa shape index (κ2) is 6.53. The van der Waals surface area contributed by atoms with Crippen molar-refractivity contribution < 1.29 is 24.6 Å². The molecule has 0 unspecified atom stereocenters. The predicted octanol–water partition coefficient (Wildman–Crippen LogP) is 1.44. The Kier molecular flexibility index (Phi) is 5.25. The molecule has 3 N–H and O–H groups in total. The monoisotopic (exact) mass is 315 g/mol. The largest absolute Gasteiger partial charge is 0.480 e. The highest BCUT2D eigenvalue weighted by Gasteiger charge is 2.22. The highest BCUT2D eigenvalue weighted by Crippen LogP contribution is 2.26. The minimum Gasteiger partial charge on any atom is -0.480 e. The third-order valence-electron chi connectivity index (χ3n) is 2.43. The number of carbonyl (C=O) groups excluding carboxylic acids is 1. The van der Waals surface area contributed by atoms with Gasteiger partial charge in [-0.2, -0.15) is 0 Å². The molecule has 0 radical (unpaired) electrons. The minimum atomic E-state index is -1.29. The van der Waals surface area contributed by atoms with E-state index in [2.05, 4.69) is 10.3 Å². The van der Waals surface area contributed by atoms with Crippen LogP contribution in [0.3, 0.4) is 0 Å². The highest BCUT2D eigenvalue weighted by molar-refractivity contribution is 7.13. The fourth-order valence-corrected chi connectivity index (χ4v) is 2.30. The van der Waals surface area contributed by atoms with Gasteiger partial charge in [-0.15, -0.1) is 11.3 Å². The minimum absolute atomic E-state index is 0.179. The van der Waals surface area contributed by atoms with Crippen molar-refractivity contribution in [1.82, 2.24) is 9.88 Å². The molecule has 2 amide bonds. The van der Waals surface area contributed by atoms with Crippen molar-refractivity contribution in [2.24, 2.45) is 0 Å². The average molecular weight is 315 g/mol. The Hall–Kier alpha value is -2.16. The fraction of sp³-hybridized carbons (Fsp3) is 0.500. The van der Waals surface area contributed by atoms with Crippen molar-refractivity contribution in [3.8, 4) is 0 Å². The molecule has 9 heteroatoms. The van der Waals surface area contributed by atoms with E-state index in [9.17, 15) is 14.4 Å². The average Bonchev–Trinajstić information content (AvgIpc) is 2.74. The Bertz CT molecular complexity index is 533. The number of amides is 2. The summed E-state index contributed by atoms with van der Waals surface area (Å²) in [4.78, 5) is 38.1. The number of carbonyl (C=O) groups is 3. The van der Waals surface area contributed by atoms with Crippen molar-refractivity contribution in [3.63, 3.8) is 0 Å². The summed E-state index contributed by atoms with van der Waals surface area (Å²) < 4.78 is 0. The number of anilines is 1. The summed E-state index contributed by atoms with van der Waals surface area (Å²) in [5, 5.41) is 21.9. The van der Waals surface area contributed by atoms with Crippen LogP contribution in [0.5, 0.6) is 0 Å². The molecule has 21 heavy (non-hydrogen) atoms. The summed E-state index contributed by atoms with van der Waals surface area (Å²) in [5.41, 5.74) is 0.604. The molecule has 0 atom stereocenters. The van der Waals surface area contributed by atoms with Crippen LogP contribution >= 0.6 is 11.3 Å². The molecule has 0 saturated heterocycles. The van der Waals surface area contributed by atoms with Gasteiger partial charge < -0.3 is 15.1 Å². The first-order valence-corrected chi connectivity index (χ1v) is 6.93. The van der Waals surface area contributed by atoms with Crippen LogP contribution in [0.2, 0.25) is 0 Å². The molecule has 0 aliphatic heterocycles. The third kappa shape index (κ3) is 5.38. The van der Waals surface area contributed by atoms with Crippen LogP contribution < -0.4 is 5.32 Å². The van der Waals surface area contributed by atoms with E-state index in [4.69, 9.17) is 10.2 Å². The molecule has 0 bridgehead atoms. The van der Waals surface area contributed by atoms with Gasteiger partial charge in [0.05, 0.1) is 5.69 Å². The van der Waals surface area contributed by atoms with Gasteiger partial charge in [0.1, 0.15) is 13.1 Å². The molecule has 1 heterocycles. The number of thiazole rings is 1. The second-order valence-corrected chi connectivity index (χ2v) is 6.22. The van der Waals surface area contributed by atoms with E-state index < -0.39 is 31.1 Å². The molecule has 1 aromatic heterocycles. The van der Waals surface area contributed by atoms with Gasteiger partial charge in [-0.1, -0.05) is 20.8 Å². The van der Waals surface area contributed by atoms with Crippen molar-refractivity contribution in [2.45, 2.75) is 26.2 Å². The lowest BCUT2D eigenvalue weighted by atomic mass is 9.93. The molecule has 0 saturated carbocycles. The lowest BCUT2D eigenvalue weighted by Gasteiger charge is -2.18. The Balaban J connectivity index is 2.79. The third-order valence-corrected chi connectivity index (χ3v) is 3.18. The summed E-state index contributed by atoms with van der Waals surface area (Å²) >= 11 is 1.20. The number of aliphatic carboxylic acids is 2. The highest BCUT2D eigenvalue weighted by atomic mass is 32.1. The molecule has 116 valence electrons. The van der Waals surface area contributed by atoms with Gasteiger partial charge >= 0.3 is 18.0 Å². The number of hydrogen-bond donors (Lipinski definition) is 3. The first-order chi connectivity index (χ1) is 9.59. The Morgan fingerprint density at radius 2 is 1.76 bits per heavy atom. The SMILES string of the molecule is CC(C)(C)c1csc(NC(=O)N(CC(=O)O)CC(=O)O)n1. The van der Waals surface area contributed by atoms with Gasteiger partial charge in [0.15, 0.2) is 5.13 Å². The van der Waals surface area contributed by atoms with Crippen molar-refractivity contribution >= 4 is 34.4 Å². The first kappa shape index (κ1) is 16.9. The van der Waals surface area contributed by atoms with Crippen LogP contribution in [0.15, 0.2) is 5.38 Å². The number of rotatable bonds is 5. The maximum atomic E-state index is 11.9. The number of carboxylic acids is 2. The topological polar surface area (TPSA) is 120 Å². The predicted molar refractivity (Wildman–Crippen MR) is 76.7 cm³/mol. The summed E-state index contributed by atoms with van der Waals surface area (Å²) in [5.74, 6) is -2.58. The van der Waals surface area contributed by atoms with E-state index in [-0.39, 0.29) is 5.41 Å². The summed E-state index contributed by atoms with van der Waals surface area (Å²) in [7, 11) is 0. The van der Waals surface area contributed by atoms with Crippen LogP contribution in [0.1, 0.15) is 26.5 Å². The van der Waals surface area contributed by atoms with E-state index in [1.54, 1.807) is 5.38 Å². The molecule has 1 aromatic rings. The Morgan fingerprint density at radius 3 is 2.14 bits per heavy atom. The summed E-state index contributed by atoms with van der Waals surface area (Å²) in [6, 6.07) is -0.811. The zero-order chi connectivity index (χ0) is 16.2. The van der Waals surface area contributed by atoms with Crippen LogP contribution in [0.4, 0.5) is 9.93 Å². The van der Waals surface area contributed by atoms with E-state index in [0.29, 0.717) is 10.0 Å². The smallest absolute Gasteiger partial charge is 0.324 e. The van der Waals surface area contributed by atoms with Crippen LogP contribution in [-0.4, -0.2) is 51.2 Å². The molecule has 0 fully saturated rings. The molecule has 8 nitrogen and oxygen atoms in total. The number of aromatic nitrogens is 1. The van der Waals surface area contributed by atoms with Crippen LogP contribution in [-0.2, 0) is 15.0 Å².